The smallest absolute Gasteiger partial charge is 0.268 e. The predicted molar refractivity (Wildman–Crippen MR) is 93.5 cm³/mol. The molecule has 2 aromatic carbocycles. The van der Waals surface area contributed by atoms with E-state index in [1.807, 2.05) is 30.3 Å². The fourth-order valence-corrected chi connectivity index (χ4v) is 3.10. The Morgan fingerprint density at radius 3 is 2.70 bits per heavy atom. The van der Waals surface area contributed by atoms with Crippen LogP contribution in [0.2, 0.25) is 5.02 Å². The lowest BCUT2D eigenvalue weighted by Gasteiger charge is -2.08. The van der Waals surface area contributed by atoms with Crippen molar-refractivity contribution in [3.63, 3.8) is 0 Å². The highest BCUT2D eigenvalue weighted by Crippen LogP contribution is 2.29. The number of anilines is 1. The minimum Gasteiger partial charge on any atom is -0.495 e. The summed E-state index contributed by atoms with van der Waals surface area (Å²) >= 11 is 7.38. The van der Waals surface area contributed by atoms with Crippen LogP contribution in [0.25, 0.3) is 11.3 Å². The number of aromatic nitrogens is 1. The van der Waals surface area contributed by atoms with Gasteiger partial charge in [-0.3, -0.25) is 4.79 Å². The number of benzene rings is 2. The highest BCUT2D eigenvalue weighted by atomic mass is 35.5. The Bertz CT molecular complexity index is 834. The third-order valence-corrected chi connectivity index (χ3v) is 4.35. The molecule has 0 fully saturated rings. The van der Waals surface area contributed by atoms with Gasteiger partial charge in [-0.2, -0.15) is 0 Å². The van der Waals surface area contributed by atoms with Crippen LogP contribution in [0.1, 0.15) is 9.67 Å². The molecule has 0 radical (unpaired) electrons. The van der Waals surface area contributed by atoms with Crippen LogP contribution in [0.4, 0.5) is 5.69 Å². The zero-order chi connectivity index (χ0) is 16.2. The molecule has 0 unspecified atom stereocenters. The molecule has 0 aliphatic carbocycles. The predicted octanol–water partition coefficient (Wildman–Crippen LogP) is 4.72. The van der Waals surface area contributed by atoms with Crippen LogP contribution in [-0.4, -0.2) is 18.0 Å². The van der Waals surface area contributed by atoms with E-state index in [1.165, 1.54) is 11.3 Å². The summed E-state index contributed by atoms with van der Waals surface area (Å²) in [6.45, 7) is 0. The molecule has 1 amide bonds. The van der Waals surface area contributed by atoms with E-state index >= 15 is 0 Å². The monoisotopic (exact) mass is 344 g/mol. The number of hydrogen-bond acceptors (Lipinski definition) is 4. The van der Waals surface area contributed by atoms with Gasteiger partial charge in [0.15, 0.2) is 0 Å². The Balaban J connectivity index is 1.85. The number of amides is 1. The Kier molecular flexibility index (Phi) is 4.60. The number of hydrogen-bond donors (Lipinski definition) is 1. The quantitative estimate of drug-likeness (QED) is 0.744. The van der Waals surface area contributed by atoms with Gasteiger partial charge in [0.1, 0.15) is 10.6 Å². The number of carbonyl (C=O) groups excluding carboxylic acids is 1. The van der Waals surface area contributed by atoms with Gasteiger partial charge >= 0.3 is 0 Å². The Morgan fingerprint density at radius 1 is 1.22 bits per heavy atom. The molecular weight excluding hydrogens is 332 g/mol. The van der Waals surface area contributed by atoms with Gasteiger partial charge in [-0.15, -0.1) is 11.3 Å². The summed E-state index contributed by atoms with van der Waals surface area (Å²) in [5.74, 6) is 0.347. The normalized spacial score (nSPS) is 10.3. The lowest BCUT2D eigenvalue weighted by molar-refractivity contribution is 0.103. The van der Waals surface area contributed by atoms with E-state index in [0.29, 0.717) is 27.0 Å². The molecule has 1 N–H and O–H groups in total. The Hall–Kier alpha value is -2.37. The van der Waals surface area contributed by atoms with Crippen molar-refractivity contribution in [2.75, 3.05) is 12.4 Å². The Labute approximate surface area is 142 Å². The molecule has 0 saturated carbocycles. The lowest BCUT2D eigenvalue weighted by Crippen LogP contribution is -2.11. The maximum absolute atomic E-state index is 12.5. The molecule has 0 aliphatic heterocycles. The first-order valence-electron chi connectivity index (χ1n) is 6.83. The molecule has 0 aliphatic rings. The van der Waals surface area contributed by atoms with Gasteiger partial charge in [-0.25, -0.2) is 4.98 Å². The van der Waals surface area contributed by atoms with Gasteiger partial charge in [0.05, 0.1) is 23.3 Å². The van der Waals surface area contributed by atoms with Gasteiger partial charge in [0.25, 0.3) is 5.91 Å². The first-order chi connectivity index (χ1) is 11.2. The van der Waals surface area contributed by atoms with Crippen LogP contribution in [0.5, 0.6) is 5.75 Å². The minimum absolute atomic E-state index is 0.215. The van der Waals surface area contributed by atoms with Crippen LogP contribution < -0.4 is 10.1 Å². The summed E-state index contributed by atoms with van der Waals surface area (Å²) in [5, 5.41) is 3.28. The average Bonchev–Trinajstić information content (AvgIpc) is 3.05. The van der Waals surface area contributed by atoms with Crippen LogP contribution in [0.3, 0.4) is 0 Å². The van der Waals surface area contributed by atoms with Crippen molar-refractivity contribution in [1.82, 2.24) is 4.98 Å². The van der Waals surface area contributed by atoms with E-state index < -0.39 is 0 Å². The zero-order valence-electron chi connectivity index (χ0n) is 12.2. The summed E-state index contributed by atoms with van der Waals surface area (Å²) in [4.78, 5) is 17.4. The molecule has 0 atom stereocenters. The van der Waals surface area contributed by atoms with E-state index in [0.717, 1.165) is 5.56 Å². The maximum Gasteiger partial charge on any atom is 0.268 e. The van der Waals surface area contributed by atoms with E-state index in [4.69, 9.17) is 16.3 Å². The summed E-state index contributed by atoms with van der Waals surface area (Å²) in [6, 6.07) is 14.7. The fourth-order valence-electron chi connectivity index (χ4n) is 2.14. The second kappa shape index (κ2) is 6.81. The van der Waals surface area contributed by atoms with Crippen molar-refractivity contribution in [2.24, 2.45) is 0 Å². The fraction of sp³-hybridized carbons (Fsp3) is 0.0588. The lowest BCUT2D eigenvalue weighted by atomic mass is 10.1. The topological polar surface area (TPSA) is 51.2 Å². The molecule has 4 nitrogen and oxygen atoms in total. The van der Waals surface area contributed by atoms with Crippen molar-refractivity contribution in [1.29, 1.82) is 0 Å². The molecule has 116 valence electrons. The second-order valence-electron chi connectivity index (χ2n) is 4.70. The molecule has 3 rings (SSSR count). The Morgan fingerprint density at radius 2 is 2.00 bits per heavy atom. The van der Waals surface area contributed by atoms with Gasteiger partial charge in [-0.1, -0.05) is 41.9 Å². The van der Waals surface area contributed by atoms with Gasteiger partial charge < -0.3 is 10.1 Å². The third kappa shape index (κ3) is 3.36. The van der Waals surface area contributed by atoms with E-state index in [2.05, 4.69) is 10.3 Å². The third-order valence-electron chi connectivity index (χ3n) is 3.23. The molecule has 1 heterocycles. The highest BCUT2D eigenvalue weighted by Gasteiger charge is 2.16. The molecule has 0 bridgehead atoms. The van der Waals surface area contributed by atoms with Crippen molar-refractivity contribution in [2.45, 2.75) is 0 Å². The van der Waals surface area contributed by atoms with E-state index in [-0.39, 0.29) is 5.91 Å². The number of thiazole rings is 1. The number of carbonyl (C=O) groups is 1. The van der Waals surface area contributed by atoms with Crippen molar-refractivity contribution in [3.05, 3.63) is 63.9 Å². The number of nitrogens with zero attached hydrogens (tertiary/aromatic N) is 1. The van der Waals surface area contributed by atoms with Crippen LogP contribution in [-0.2, 0) is 0 Å². The molecule has 6 heteroatoms. The molecule has 1 aromatic heterocycles. The summed E-state index contributed by atoms with van der Waals surface area (Å²) in [7, 11) is 1.54. The molecular formula is C17H13ClN2O2S. The van der Waals surface area contributed by atoms with Gasteiger partial charge in [0.2, 0.25) is 0 Å². The number of ether oxygens (including phenoxy) is 1. The van der Waals surface area contributed by atoms with E-state index in [1.54, 1.807) is 30.8 Å². The zero-order valence-corrected chi connectivity index (χ0v) is 13.8. The molecule has 3 aromatic rings. The minimum atomic E-state index is -0.215. The summed E-state index contributed by atoms with van der Waals surface area (Å²) < 4.78 is 5.10. The molecule has 23 heavy (non-hydrogen) atoms. The molecule has 0 spiro atoms. The SMILES string of the molecule is COc1ccc(NC(=O)c2scnc2-c2ccccc2)cc1Cl. The molecule has 0 saturated heterocycles. The standard InChI is InChI=1S/C17H13ClN2O2S/c1-22-14-8-7-12(9-13(14)18)20-17(21)16-15(19-10-23-16)11-5-3-2-4-6-11/h2-10H,1H3,(H,20,21). The van der Waals surface area contributed by atoms with Crippen molar-refractivity contribution >= 4 is 34.5 Å². The first-order valence-corrected chi connectivity index (χ1v) is 8.08. The highest BCUT2D eigenvalue weighted by molar-refractivity contribution is 7.12. The summed E-state index contributed by atoms with van der Waals surface area (Å²) in [5.41, 5.74) is 3.85. The second-order valence-corrected chi connectivity index (χ2v) is 5.96. The van der Waals surface area contributed by atoms with Crippen molar-refractivity contribution in [3.8, 4) is 17.0 Å². The number of halogens is 1. The van der Waals surface area contributed by atoms with Crippen LogP contribution in [0.15, 0.2) is 54.0 Å². The van der Waals surface area contributed by atoms with E-state index in [9.17, 15) is 4.79 Å². The maximum atomic E-state index is 12.5. The largest absolute Gasteiger partial charge is 0.495 e. The van der Waals surface area contributed by atoms with Crippen molar-refractivity contribution < 1.29 is 9.53 Å². The van der Waals surface area contributed by atoms with Gasteiger partial charge in [-0.05, 0) is 18.2 Å². The number of rotatable bonds is 4. The summed E-state index contributed by atoms with van der Waals surface area (Å²) in [6.07, 6.45) is 0. The average molecular weight is 345 g/mol. The number of methoxy groups -OCH3 is 1. The van der Waals surface area contributed by atoms with Crippen LogP contribution in [0, 0.1) is 0 Å². The first kappa shape index (κ1) is 15.5. The van der Waals surface area contributed by atoms with Gasteiger partial charge in [0, 0.05) is 11.3 Å². The number of nitrogens with one attached hydrogen (secondary N) is 1. The van der Waals surface area contributed by atoms with Crippen LogP contribution >= 0.6 is 22.9 Å².